The number of nitrogens with zero attached hydrogens (tertiary/aromatic N) is 1. The average molecular weight is 298 g/mol. The van der Waals surface area contributed by atoms with Crippen LogP contribution in [0.5, 0.6) is 0 Å². The first-order valence-corrected chi connectivity index (χ1v) is 7.62. The number of aliphatic carboxylic acids is 1. The highest BCUT2D eigenvalue weighted by molar-refractivity contribution is 8.03. The van der Waals surface area contributed by atoms with E-state index in [1.807, 2.05) is 6.92 Å². The number of rotatable bonds is 6. The highest BCUT2D eigenvalue weighted by Crippen LogP contribution is 2.46. The molecular weight excluding hydrogens is 280 g/mol. The third kappa shape index (κ3) is 2.54. The summed E-state index contributed by atoms with van der Waals surface area (Å²) < 4.78 is 0. The van der Waals surface area contributed by atoms with Crippen molar-refractivity contribution in [3.05, 3.63) is 10.6 Å². The molecule has 0 unspecified atom stereocenters. The van der Waals surface area contributed by atoms with Gasteiger partial charge in [0.1, 0.15) is 5.70 Å². The van der Waals surface area contributed by atoms with Gasteiger partial charge >= 0.3 is 5.97 Å². The fourth-order valence-electron chi connectivity index (χ4n) is 2.73. The van der Waals surface area contributed by atoms with E-state index in [9.17, 15) is 19.5 Å². The lowest BCUT2D eigenvalue weighted by molar-refractivity contribution is -0.155. The second-order valence-corrected chi connectivity index (χ2v) is 6.09. The topological polar surface area (TPSA) is 86.7 Å². The molecule has 0 radical (unpaired) electrons. The van der Waals surface area contributed by atoms with E-state index < -0.39 is 5.97 Å². The number of amides is 2. The average Bonchev–Trinajstić information content (AvgIpc) is 2.70. The Morgan fingerprint density at radius 3 is 2.75 bits per heavy atom. The molecule has 0 aliphatic carbocycles. The number of hydrogen-bond donors (Lipinski definition) is 2. The van der Waals surface area contributed by atoms with Crippen LogP contribution in [0.3, 0.4) is 0 Å². The number of carboxylic acids is 1. The number of thioether (sulfide) groups is 1. The second-order valence-electron chi connectivity index (χ2n) is 4.90. The molecule has 2 aliphatic heterocycles. The number of carbonyl (C=O) groups excluding carboxylic acids is 2. The summed E-state index contributed by atoms with van der Waals surface area (Å²) in [5.74, 6) is -0.658. The van der Waals surface area contributed by atoms with E-state index in [2.05, 4.69) is 5.32 Å². The van der Waals surface area contributed by atoms with Crippen LogP contribution < -0.4 is 5.32 Å². The molecule has 0 saturated carbocycles. The minimum atomic E-state index is -1.04. The maximum atomic E-state index is 11.9. The van der Waals surface area contributed by atoms with Gasteiger partial charge in [-0.25, -0.2) is 4.79 Å². The Kier molecular flexibility index (Phi) is 4.37. The molecule has 0 bridgehead atoms. The van der Waals surface area contributed by atoms with Gasteiger partial charge in [0, 0.05) is 30.5 Å². The van der Waals surface area contributed by atoms with Crippen molar-refractivity contribution in [3.8, 4) is 0 Å². The van der Waals surface area contributed by atoms with Gasteiger partial charge in [0.15, 0.2) is 0 Å². The molecule has 2 aliphatic rings. The first-order chi connectivity index (χ1) is 9.47. The monoisotopic (exact) mass is 298 g/mol. The number of hydrogen-bond acceptors (Lipinski definition) is 4. The fraction of sp³-hybridized carbons (Fsp3) is 0.615. The molecule has 110 valence electrons. The Balaban J connectivity index is 2.02. The predicted octanol–water partition coefficient (Wildman–Crippen LogP) is 0.793. The molecule has 6 nitrogen and oxygen atoms in total. The molecule has 1 fully saturated rings. The van der Waals surface area contributed by atoms with Crippen LogP contribution in [0.15, 0.2) is 10.6 Å². The number of carboxylic acid groups (broad SMARTS) is 1. The van der Waals surface area contributed by atoms with Crippen molar-refractivity contribution >= 4 is 29.5 Å². The van der Waals surface area contributed by atoms with E-state index in [1.54, 1.807) is 0 Å². The summed E-state index contributed by atoms with van der Waals surface area (Å²) in [7, 11) is 0. The SMILES string of the molecule is CC[C@@H]1C(=O)N2C(C(=O)O)=C(SCCNC(C)=O)C[C@@H]12. The Morgan fingerprint density at radius 2 is 2.20 bits per heavy atom. The van der Waals surface area contributed by atoms with Crippen LogP contribution in [0.25, 0.3) is 0 Å². The summed E-state index contributed by atoms with van der Waals surface area (Å²) in [4.78, 5) is 36.2. The summed E-state index contributed by atoms with van der Waals surface area (Å²) in [5.41, 5.74) is 0.137. The van der Waals surface area contributed by atoms with Gasteiger partial charge < -0.3 is 15.3 Å². The molecule has 1 saturated heterocycles. The highest BCUT2D eigenvalue weighted by Gasteiger charge is 2.54. The van der Waals surface area contributed by atoms with Gasteiger partial charge in [0.05, 0.1) is 12.0 Å². The fourth-order valence-corrected chi connectivity index (χ4v) is 3.79. The number of nitrogens with one attached hydrogen (secondary N) is 1. The van der Waals surface area contributed by atoms with Crippen molar-refractivity contribution in [2.75, 3.05) is 12.3 Å². The third-order valence-electron chi connectivity index (χ3n) is 3.64. The van der Waals surface area contributed by atoms with Gasteiger partial charge in [-0.3, -0.25) is 9.59 Å². The molecule has 0 aromatic heterocycles. The maximum absolute atomic E-state index is 11.9. The van der Waals surface area contributed by atoms with Gasteiger partial charge in [0.25, 0.3) is 0 Å². The minimum absolute atomic E-state index is 0.0156. The van der Waals surface area contributed by atoms with Crippen molar-refractivity contribution < 1.29 is 19.5 Å². The van der Waals surface area contributed by atoms with Crippen LogP contribution in [0.4, 0.5) is 0 Å². The molecule has 2 heterocycles. The van der Waals surface area contributed by atoms with Crippen molar-refractivity contribution in [2.24, 2.45) is 5.92 Å². The van der Waals surface area contributed by atoms with Crippen LogP contribution in [0.2, 0.25) is 0 Å². The molecule has 2 N–H and O–H groups in total. The minimum Gasteiger partial charge on any atom is -0.477 e. The van der Waals surface area contributed by atoms with Crippen molar-refractivity contribution in [3.63, 3.8) is 0 Å². The lowest BCUT2D eigenvalue weighted by atomic mass is 9.85. The Morgan fingerprint density at radius 1 is 1.50 bits per heavy atom. The molecule has 20 heavy (non-hydrogen) atoms. The van der Waals surface area contributed by atoms with Gasteiger partial charge in [-0.15, -0.1) is 11.8 Å². The zero-order valence-electron chi connectivity index (χ0n) is 11.5. The van der Waals surface area contributed by atoms with Crippen molar-refractivity contribution in [1.29, 1.82) is 0 Å². The van der Waals surface area contributed by atoms with E-state index in [4.69, 9.17) is 0 Å². The number of carbonyl (C=O) groups is 3. The van der Waals surface area contributed by atoms with Gasteiger partial charge in [-0.1, -0.05) is 6.92 Å². The Hall–Kier alpha value is -1.50. The maximum Gasteiger partial charge on any atom is 0.353 e. The number of fused-ring (bicyclic) bond motifs is 1. The van der Waals surface area contributed by atoms with E-state index in [-0.39, 0.29) is 29.5 Å². The van der Waals surface area contributed by atoms with Gasteiger partial charge in [-0.05, 0) is 6.42 Å². The first-order valence-electron chi connectivity index (χ1n) is 6.64. The van der Waals surface area contributed by atoms with Gasteiger partial charge in [0.2, 0.25) is 11.8 Å². The summed E-state index contributed by atoms with van der Waals surface area (Å²) in [5, 5.41) is 12.0. The standard InChI is InChI=1S/C13H18N2O4S/c1-3-8-9-6-10(20-5-4-14-7(2)16)11(13(18)19)15(9)12(8)17/h8-9H,3-6H2,1-2H3,(H,14,16)(H,18,19)/t8-,9-/m0/s1. The first kappa shape index (κ1) is 14.9. The summed E-state index contributed by atoms with van der Waals surface area (Å²) in [6.07, 6.45) is 1.37. The molecule has 0 aromatic rings. The van der Waals surface area contributed by atoms with Crippen LogP contribution in [-0.2, 0) is 14.4 Å². The van der Waals surface area contributed by atoms with E-state index in [0.29, 0.717) is 18.7 Å². The third-order valence-corrected chi connectivity index (χ3v) is 4.76. The zero-order chi connectivity index (χ0) is 14.9. The predicted molar refractivity (Wildman–Crippen MR) is 74.8 cm³/mol. The van der Waals surface area contributed by atoms with E-state index in [0.717, 1.165) is 11.3 Å². The molecule has 2 rings (SSSR count). The molecule has 2 amide bonds. The van der Waals surface area contributed by atoms with Crippen molar-refractivity contribution in [2.45, 2.75) is 32.7 Å². The van der Waals surface area contributed by atoms with Gasteiger partial charge in [-0.2, -0.15) is 0 Å². The lowest BCUT2D eigenvalue weighted by Gasteiger charge is -2.42. The smallest absolute Gasteiger partial charge is 0.353 e. The van der Waals surface area contributed by atoms with Crippen LogP contribution in [-0.4, -0.2) is 46.1 Å². The zero-order valence-corrected chi connectivity index (χ0v) is 12.3. The largest absolute Gasteiger partial charge is 0.477 e. The van der Waals surface area contributed by atoms with Crippen LogP contribution in [0, 0.1) is 5.92 Å². The lowest BCUT2D eigenvalue weighted by Crippen LogP contribution is -2.58. The molecular formula is C13H18N2O4S. The number of β-lactam (4-membered cyclic amide) rings is 1. The molecule has 7 heteroatoms. The quantitative estimate of drug-likeness (QED) is 0.559. The Bertz CT molecular complexity index is 489. The summed E-state index contributed by atoms with van der Waals surface area (Å²) >= 11 is 1.41. The normalized spacial score (nSPS) is 24.5. The molecule has 2 atom stereocenters. The summed E-state index contributed by atoms with van der Waals surface area (Å²) in [6, 6.07) is 0.0156. The van der Waals surface area contributed by atoms with Crippen molar-refractivity contribution in [1.82, 2.24) is 10.2 Å². The van der Waals surface area contributed by atoms with E-state index >= 15 is 0 Å². The molecule has 0 aromatic carbocycles. The van der Waals surface area contributed by atoms with Crippen LogP contribution in [0.1, 0.15) is 26.7 Å². The van der Waals surface area contributed by atoms with Crippen LogP contribution >= 0.6 is 11.8 Å². The summed E-state index contributed by atoms with van der Waals surface area (Å²) in [6.45, 7) is 3.88. The second kappa shape index (κ2) is 5.87. The highest BCUT2D eigenvalue weighted by atomic mass is 32.2. The molecule has 0 spiro atoms. The van der Waals surface area contributed by atoms with E-state index in [1.165, 1.54) is 23.6 Å². The Labute approximate surface area is 121 Å².